The molecule has 0 aromatic rings. The lowest BCUT2D eigenvalue weighted by atomic mass is 10.1. The largest absolute Gasteiger partial charge is 0.307 e. The average molecular weight is 123 g/mol. The maximum Gasteiger partial charge on any atom is 0.222 e. The Labute approximate surface area is 54.6 Å². The monoisotopic (exact) mass is 123 g/mol. The van der Waals surface area contributed by atoms with Gasteiger partial charge < -0.3 is 5.32 Å². The molecule has 2 nitrogen and oxygen atoms in total. The van der Waals surface area contributed by atoms with E-state index in [4.69, 9.17) is 6.42 Å². The molecule has 1 N–H and O–H groups in total. The number of hydrogen-bond donors (Lipinski definition) is 1. The Kier molecular flexibility index (Phi) is 1.86. The predicted molar refractivity (Wildman–Crippen MR) is 34.9 cm³/mol. The molecule has 1 fully saturated rings. The smallest absolute Gasteiger partial charge is 0.222 e. The highest BCUT2D eigenvalue weighted by Crippen LogP contribution is 2.04. The molecule has 9 heavy (non-hydrogen) atoms. The molecule has 1 aliphatic rings. The number of rotatable bonds is 1. The Bertz CT molecular complexity index is 151. The summed E-state index contributed by atoms with van der Waals surface area (Å²) >= 11 is 0. The van der Waals surface area contributed by atoms with Crippen LogP contribution in [0.4, 0.5) is 0 Å². The van der Waals surface area contributed by atoms with Crippen molar-refractivity contribution < 1.29 is 4.79 Å². The maximum absolute atomic E-state index is 10.7. The number of nitrogens with one attached hydrogen (secondary N) is 1. The molecule has 0 bridgehead atoms. The second-order valence-corrected chi connectivity index (χ2v) is 2.16. The molecular weight excluding hydrogens is 114 g/mol. The molecule has 0 spiro atoms. The van der Waals surface area contributed by atoms with Crippen molar-refractivity contribution in [3.05, 3.63) is 0 Å². The van der Waals surface area contributed by atoms with Gasteiger partial charge in [-0.25, -0.2) is 0 Å². The van der Waals surface area contributed by atoms with E-state index in [-0.39, 0.29) is 11.8 Å². The predicted octanol–water partition coefficient (Wildman–Crippen LogP) is -0.0593. The number of carbonyl (C=O) groups excluding carboxylic acids is 1. The SMILES string of the molecule is C#CC(=O)[C@H]1CCCN1. The van der Waals surface area contributed by atoms with Gasteiger partial charge in [0.25, 0.3) is 0 Å². The van der Waals surface area contributed by atoms with E-state index in [1.54, 1.807) is 0 Å². The van der Waals surface area contributed by atoms with Crippen molar-refractivity contribution in [3.8, 4) is 12.3 Å². The molecule has 48 valence electrons. The number of terminal acetylenes is 1. The molecule has 1 atom stereocenters. The molecule has 1 rings (SSSR count). The van der Waals surface area contributed by atoms with Gasteiger partial charge in [-0.2, -0.15) is 0 Å². The molecule has 0 aromatic heterocycles. The molecule has 1 aliphatic heterocycles. The summed E-state index contributed by atoms with van der Waals surface area (Å²) in [5.74, 6) is 2.00. The van der Waals surface area contributed by atoms with Crippen molar-refractivity contribution in [1.29, 1.82) is 0 Å². The van der Waals surface area contributed by atoms with E-state index in [9.17, 15) is 4.79 Å². The van der Waals surface area contributed by atoms with Crippen LogP contribution in [0.25, 0.3) is 0 Å². The van der Waals surface area contributed by atoms with Crippen LogP contribution in [0.15, 0.2) is 0 Å². The standard InChI is InChI=1S/C7H9NO/c1-2-7(9)6-4-3-5-8-6/h1,6,8H,3-5H2/t6-/m1/s1. The first kappa shape index (κ1) is 6.31. The summed E-state index contributed by atoms with van der Waals surface area (Å²) in [7, 11) is 0. The van der Waals surface area contributed by atoms with Crippen molar-refractivity contribution in [2.75, 3.05) is 6.54 Å². The Morgan fingerprint density at radius 3 is 3.00 bits per heavy atom. The summed E-state index contributed by atoms with van der Waals surface area (Å²) in [6.45, 7) is 0.929. The second kappa shape index (κ2) is 2.65. The maximum atomic E-state index is 10.7. The summed E-state index contributed by atoms with van der Waals surface area (Å²) in [6, 6.07) is -0.0463. The van der Waals surface area contributed by atoms with Gasteiger partial charge in [0.2, 0.25) is 5.78 Å². The molecule has 1 heterocycles. The lowest BCUT2D eigenvalue weighted by Crippen LogP contribution is -2.29. The fraction of sp³-hybridized carbons (Fsp3) is 0.571. The molecule has 0 aromatic carbocycles. The summed E-state index contributed by atoms with van der Waals surface area (Å²) in [5.41, 5.74) is 0. The Morgan fingerprint density at radius 2 is 2.56 bits per heavy atom. The van der Waals surface area contributed by atoms with Gasteiger partial charge >= 0.3 is 0 Å². The molecule has 0 radical (unpaired) electrons. The minimum absolute atomic E-state index is 0.0463. The number of Topliss-reactive ketones (excluding diaryl/α,β-unsaturated/α-hetero) is 1. The molecule has 0 unspecified atom stereocenters. The molecule has 0 saturated carbocycles. The number of hydrogen-bond acceptors (Lipinski definition) is 2. The first-order chi connectivity index (χ1) is 4.34. The minimum atomic E-state index is -0.104. The van der Waals surface area contributed by atoms with Crippen LogP contribution in [0, 0.1) is 12.3 Å². The fourth-order valence-corrected chi connectivity index (χ4v) is 1.01. The van der Waals surface area contributed by atoms with Crippen LogP contribution in [0.3, 0.4) is 0 Å². The van der Waals surface area contributed by atoms with E-state index < -0.39 is 0 Å². The van der Waals surface area contributed by atoms with Crippen LogP contribution < -0.4 is 5.32 Å². The third kappa shape index (κ3) is 1.30. The lowest BCUT2D eigenvalue weighted by molar-refractivity contribution is -0.115. The van der Waals surface area contributed by atoms with Gasteiger partial charge in [-0.1, -0.05) is 0 Å². The van der Waals surface area contributed by atoms with Crippen LogP contribution >= 0.6 is 0 Å². The summed E-state index contributed by atoms with van der Waals surface area (Å²) in [5, 5.41) is 3.02. The Hall–Kier alpha value is -0.810. The summed E-state index contributed by atoms with van der Waals surface area (Å²) in [4.78, 5) is 10.7. The van der Waals surface area contributed by atoms with Gasteiger partial charge in [-0.15, -0.1) is 6.42 Å². The highest BCUT2D eigenvalue weighted by molar-refractivity contribution is 5.99. The molecule has 0 aliphatic carbocycles. The van der Waals surface area contributed by atoms with Crippen LogP contribution in [0.2, 0.25) is 0 Å². The van der Waals surface area contributed by atoms with E-state index in [2.05, 4.69) is 11.2 Å². The van der Waals surface area contributed by atoms with Crippen LogP contribution in [0.5, 0.6) is 0 Å². The number of ketones is 1. The zero-order chi connectivity index (χ0) is 6.69. The van der Waals surface area contributed by atoms with Crippen molar-refractivity contribution in [2.24, 2.45) is 0 Å². The van der Waals surface area contributed by atoms with Crippen LogP contribution in [-0.4, -0.2) is 18.4 Å². The molecule has 0 amide bonds. The van der Waals surface area contributed by atoms with Crippen LogP contribution in [0.1, 0.15) is 12.8 Å². The van der Waals surface area contributed by atoms with E-state index >= 15 is 0 Å². The van der Waals surface area contributed by atoms with Gasteiger partial charge in [0, 0.05) is 0 Å². The molecular formula is C7H9NO. The zero-order valence-corrected chi connectivity index (χ0v) is 5.18. The first-order valence-corrected chi connectivity index (χ1v) is 3.08. The van der Waals surface area contributed by atoms with Crippen molar-refractivity contribution in [3.63, 3.8) is 0 Å². The third-order valence-corrected chi connectivity index (χ3v) is 1.52. The van der Waals surface area contributed by atoms with Gasteiger partial charge in [0.1, 0.15) is 0 Å². The number of carbonyl (C=O) groups is 1. The lowest BCUT2D eigenvalue weighted by Gasteiger charge is -2.00. The second-order valence-electron chi connectivity index (χ2n) is 2.16. The van der Waals surface area contributed by atoms with Gasteiger partial charge in [-0.3, -0.25) is 4.79 Å². The highest BCUT2D eigenvalue weighted by Gasteiger charge is 2.19. The van der Waals surface area contributed by atoms with E-state index in [0.29, 0.717) is 0 Å². The topological polar surface area (TPSA) is 29.1 Å². The Morgan fingerprint density at radius 1 is 1.78 bits per heavy atom. The molecule has 2 heteroatoms. The van der Waals surface area contributed by atoms with Crippen molar-refractivity contribution in [2.45, 2.75) is 18.9 Å². The zero-order valence-electron chi connectivity index (χ0n) is 5.18. The Balaban J connectivity index is 2.44. The normalized spacial score (nSPS) is 25.4. The summed E-state index contributed by atoms with van der Waals surface area (Å²) in [6.07, 6.45) is 6.89. The van der Waals surface area contributed by atoms with Crippen LogP contribution in [-0.2, 0) is 4.79 Å². The van der Waals surface area contributed by atoms with Crippen molar-refractivity contribution >= 4 is 5.78 Å². The quantitative estimate of drug-likeness (QED) is 0.391. The van der Waals surface area contributed by atoms with E-state index in [1.807, 2.05) is 0 Å². The van der Waals surface area contributed by atoms with E-state index in [1.165, 1.54) is 0 Å². The van der Waals surface area contributed by atoms with Gasteiger partial charge in [0.15, 0.2) is 0 Å². The third-order valence-electron chi connectivity index (χ3n) is 1.52. The average Bonchev–Trinajstić information content (AvgIpc) is 2.37. The van der Waals surface area contributed by atoms with Gasteiger partial charge in [-0.05, 0) is 25.3 Å². The minimum Gasteiger partial charge on any atom is -0.307 e. The van der Waals surface area contributed by atoms with Crippen molar-refractivity contribution in [1.82, 2.24) is 5.32 Å². The highest BCUT2D eigenvalue weighted by atomic mass is 16.1. The fourth-order valence-electron chi connectivity index (χ4n) is 1.01. The van der Waals surface area contributed by atoms with E-state index in [0.717, 1.165) is 19.4 Å². The molecule has 1 saturated heterocycles. The first-order valence-electron chi connectivity index (χ1n) is 3.08. The van der Waals surface area contributed by atoms with Gasteiger partial charge in [0.05, 0.1) is 6.04 Å². The summed E-state index contributed by atoms with van der Waals surface area (Å²) < 4.78 is 0.